The Morgan fingerprint density at radius 3 is 2.62 bits per heavy atom. The van der Waals surface area contributed by atoms with Gasteiger partial charge in [-0.25, -0.2) is 0 Å². The Labute approximate surface area is 137 Å². The lowest BCUT2D eigenvalue weighted by Gasteiger charge is -2.38. The average Bonchev–Trinajstić information content (AvgIpc) is 2.53. The molecule has 1 aliphatic rings. The Balaban J connectivity index is 2.17. The van der Waals surface area contributed by atoms with Crippen LogP contribution in [0.4, 0.5) is 5.69 Å². The van der Waals surface area contributed by atoms with Crippen molar-refractivity contribution in [3.63, 3.8) is 0 Å². The van der Waals surface area contributed by atoms with Crippen LogP contribution in [0.3, 0.4) is 0 Å². The molecule has 1 aromatic rings. The number of hydrogen-bond acceptors (Lipinski definition) is 3. The summed E-state index contributed by atoms with van der Waals surface area (Å²) in [5.74, 6) is 0. The summed E-state index contributed by atoms with van der Waals surface area (Å²) in [6, 6.07) is 7.65. The summed E-state index contributed by atoms with van der Waals surface area (Å²) in [7, 11) is 4.27. The summed E-state index contributed by atoms with van der Waals surface area (Å²) in [6.07, 6.45) is 2.52. The molecule has 1 atom stereocenters. The number of halogens is 1. The van der Waals surface area contributed by atoms with Gasteiger partial charge < -0.3 is 15.1 Å². The van der Waals surface area contributed by atoms with Crippen molar-refractivity contribution in [1.82, 2.24) is 10.2 Å². The topological polar surface area (TPSA) is 18.5 Å². The van der Waals surface area contributed by atoms with Crippen LogP contribution in [0.1, 0.15) is 38.3 Å². The van der Waals surface area contributed by atoms with Gasteiger partial charge in [0.1, 0.15) is 0 Å². The van der Waals surface area contributed by atoms with Crippen LogP contribution in [0, 0.1) is 0 Å². The number of likely N-dealkylation sites (tertiary alicyclic amines) is 1. The van der Waals surface area contributed by atoms with Gasteiger partial charge >= 0.3 is 0 Å². The molecule has 1 N–H and O–H groups in total. The van der Waals surface area contributed by atoms with E-state index in [0.717, 1.165) is 4.47 Å². The van der Waals surface area contributed by atoms with E-state index in [0.29, 0.717) is 12.1 Å². The summed E-state index contributed by atoms with van der Waals surface area (Å²) in [5.41, 5.74) is 2.72. The zero-order valence-electron chi connectivity index (χ0n) is 13.7. The van der Waals surface area contributed by atoms with Crippen LogP contribution >= 0.6 is 15.9 Å². The molecule has 0 aromatic heterocycles. The van der Waals surface area contributed by atoms with Crippen molar-refractivity contribution in [2.75, 3.05) is 38.6 Å². The van der Waals surface area contributed by atoms with Gasteiger partial charge in [-0.2, -0.15) is 0 Å². The van der Waals surface area contributed by atoms with Gasteiger partial charge in [-0.15, -0.1) is 0 Å². The lowest BCUT2D eigenvalue weighted by Crippen LogP contribution is -2.43. The smallest absolute Gasteiger partial charge is 0.0415 e. The minimum Gasteiger partial charge on any atom is -0.371 e. The maximum atomic E-state index is 3.60. The number of benzene rings is 1. The molecule has 0 bridgehead atoms. The fourth-order valence-corrected chi connectivity index (χ4v) is 3.55. The fraction of sp³-hybridized carbons (Fsp3) is 0.647. The largest absolute Gasteiger partial charge is 0.371 e. The van der Waals surface area contributed by atoms with E-state index in [-0.39, 0.29) is 0 Å². The first-order valence-electron chi connectivity index (χ1n) is 7.98. The van der Waals surface area contributed by atoms with Crippen LogP contribution < -0.4 is 10.2 Å². The highest BCUT2D eigenvalue weighted by Gasteiger charge is 2.24. The second-order valence-electron chi connectivity index (χ2n) is 5.99. The predicted molar refractivity (Wildman–Crippen MR) is 95.2 cm³/mol. The standard InChI is InChI=1S/C17H28BrN3/c1-5-21-10-8-15(9-11-21)20(4)17-7-6-14(18)12-16(17)13(2)19-3/h6-7,12-13,15,19H,5,8-11H2,1-4H3. The maximum absolute atomic E-state index is 3.60. The Morgan fingerprint density at radius 1 is 1.38 bits per heavy atom. The van der Waals surface area contributed by atoms with Crippen molar-refractivity contribution in [3.8, 4) is 0 Å². The lowest BCUT2D eigenvalue weighted by atomic mass is 10.00. The Bertz CT molecular complexity index is 455. The molecule has 0 saturated carbocycles. The van der Waals surface area contributed by atoms with Gasteiger partial charge in [0.25, 0.3) is 0 Å². The molecule has 1 fully saturated rings. The molecular weight excluding hydrogens is 326 g/mol. The van der Waals surface area contributed by atoms with E-state index >= 15 is 0 Å². The van der Waals surface area contributed by atoms with Crippen molar-refractivity contribution in [1.29, 1.82) is 0 Å². The number of piperidine rings is 1. The summed E-state index contributed by atoms with van der Waals surface area (Å²) in [6.45, 7) is 8.10. The van der Waals surface area contributed by atoms with E-state index in [1.807, 2.05) is 7.05 Å². The van der Waals surface area contributed by atoms with Crippen molar-refractivity contribution in [2.45, 2.75) is 38.8 Å². The Kier molecular flexibility index (Phi) is 6.08. The minimum absolute atomic E-state index is 0.357. The molecule has 2 rings (SSSR count). The summed E-state index contributed by atoms with van der Waals surface area (Å²) in [5, 5.41) is 3.37. The molecule has 1 unspecified atom stereocenters. The van der Waals surface area contributed by atoms with E-state index in [2.05, 4.69) is 70.1 Å². The van der Waals surface area contributed by atoms with Gasteiger partial charge in [0, 0.05) is 42.4 Å². The number of nitrogens with zero attached hydrogens (tertiary/aromatic N) is 2. The zero-order valence-corrected chi connectivity index (χ0v) is 15.3. The molecule has 3 nitrogen and oxygen atoms in total. The molecule has 1 aromatic carbocycles. The SMILES string of the molecule is CCN1CCC(N(C)c2ccc(Br)cc2C(C)NC)CC1. The quantitative estimate of drug-likeness (QED) is 0.871. The lowest BCUT2D eigenvalue weighted by molar-refractivity contribution is 0.220. The van der Waals surface area contributed by atoms with Crippen molar-refractivity contribution in [3.05, 3.63) is 28.2 Å². The van der Waals surface area contributed by atoms with Crippen LogP contribution in [0.5, 0.6) is 0 Å². The minimum atomic E-state index is 0.357. The molecule has 0 radical (unpaired) electrons. The third-order valence-electron chi connectivity index (χ3n) is 4.82. The summed E-state index contributed by atoms with van der Waals surface area (Å²) >= 11 is 3.60. The highest BCUT2D eigenvalue weighted by Crippen LogP contribution is 2.31. The third-order valence-corrected chi connectivity index (χ3v) is 5.31. The summed E-state index contributed by atoms with van der Waals surface area (Å²) < 4.78 is 1.15. The number of nitrogens with one attached hydrogen (secondary N) is 1. The molecule has 0 aliphatic carbocycles. The normalized spacial score (nSPS) is 18.7. The van der Waals surface area contributed by atoms with Gasteiger partial charge in [-0.05, 0) is 57.1 Å². The second kappa shape index (κ2) is 7.61. The molecule has 1 heterocycles. The van der Waals surface area contributed by atoms with E-state index in [9.17, 15) is 0 Å². The summed E-state index contributed by atoms with van der Waals surface area (Å²) in [4.78, 5) is 5.03. The van der Waals surface area contributed by atoms with Crippen LogP contribution in [0.25, 0.3) is 0 Å². The Hall–Kier alpha value is -0.580. The first kappa shape index (κ1) is 16.8. The van der Waals surface area contributed by atoms with Gasteiger partial charge in [0.2, 0.25) is 0 Å². The van der Waals surface area contributed by atoms with E-state index in [1.54, 1.807) is 0 Å². The van der Waals surface area contributed by atoms with E-state index in [1.165, 1.54) is 43.7 Å². The number of rotatable bonds is 5. The van der Waals surface area contributed by atoms with Crippen molar-refractivity contribution in [2.24, 2.45) is 0 Å². The van der Waals surface area contributed by atoms with Crippen LogP contribution in [0.15, 0.2) is 22.7 Å². The van der Waals surface area contributed by atoms with Crippen LogP contribution in [0.2, 0.25) is 0 Å². The van der Waals surface area contributed by atoms with Crippen molar-refractivity contribution < 1.29 is 0 Å². The van der Waals surface area contributed by atoms with Crippen molar-refractivity contribution >= 4 is 21.6 Å². The monoisotopic (exact) mass is 353 g/mol. The van der Waals surface area contributed by atoms with Crippen LogP contribution in [-0.2, 0) is 0 Å². The molecule has 1 aliphatic heterocycles. The van der Waals surface area contributed by atoms with E-state index < -0.39 is 0 Å². The third kappa shape index (κ3) is 3.99. The van der Waals surface area contributed by atoms with Gasteiger partial charge in [0.15, 0.2) is 0 Å². The first-order chi connectivity index (χ1) is 10.1. The highest BCUT2D eigenvalue weighted by molar-refractivity contribution is 9.10. The molecule has 118 valence electrons. The molecule has 1 saturated heterocycles. The molecule has 4 heteroatoms. The maximum Gasteiger partial charge on any atom is 0.0415 e. The zero-order chi connectivity index (χ0) is 15.4. The first-order valence-corrected chi connectivity index (χ1v) is 8.78. The Morgan fingerprint density at radius 2 is 2.05 bits per heavy atom. The number of hydrogen-bond donors (Lipinski definition) is 1. The van der Waals surface area contributed by atoms with Gasteiger partial charge in [-0.3, -0.25) is 0 Å². The second-order valence-corrected chi connectivity index (χ2v) is 6.91. The van der Waals surface area contributed by atoms with Gasteiger partial charge in [-0.1, -0.05) is 22.9 Å². The predicted octanol–water partition coefficient (Wildman–Crippen LogP) is 3.65. The van der Waals surface area contributed by atoms with E-state index in [4.69, 9.17) is 0 Å². The van der Waals surface area contributed by atoms with Gasteiger partial charge in [0.05, 0.1) is 0 Å². The highest BCUT2D eigenvalue weighted by atomic mass is 79.9. The fourth-order valence-electron chi connectivity index (χ4n) is 3.17. The molecule has 0 amide bonds. The molecular formula is C17H28BrN3. The molecule has 0 spiro atoms. The number of anilines is 1. The van der Waals surface area contributed by atoms with Crippen LogP contribution in [-0.4, -0.2) is 44.7 Å². The molecule has 21 heavy (non-hydrogen) atoms. The average molecular weight is 354 g/mol.